The molecule has 0 aliphatic heterocycles. The summed E-state index contributed by atoms with van der Waals surface area (Å²) in [6.07, 6.45) is 5.71. The topological polar surface area (TPSA) is 46.5 Å². The van der Waals surface area contributed by atoms with Crippen LogP contribution in [0.1, 0.15) is 59.3 Å². The number of carbonyl (C=O) groups excluding carboxylic acids is 1. The van der Waals surface area contributed by atoms with Gasteiger partial charge in [-0.15, -0.1) is 0 Å². The molecule has 0 saturated heterocycles. The van der Waals surface area contributed by atoms with E-state index in [2.05, 4.69) is 0 Å². The van der Waals surface area contributed by atoms with E-state index in [4.69, 9.17) is 4.74 Å². The second kappa shape index (κ2) is 4.21. The lowest BCUT2D eigenvalue weighted by Gasteiger charge is -2.58. The SMILES string of the molecule is CCC(C)(C)C(=O)OC12CC3CC(C1)C(O)C(C3)C2. The van der Waals surface area contributed by atoms with E-state index in [1.54, 1.807) is 0 Å². The zero-order valence-electron chi connectivity index (χ0n) is 12.3. The van der Waals surface area contributed by atoms with E-state index >= 15 is 0 Å². The summed E-state index contributed by atoms with van der Waals surface area (Å²) in [4.78, 5) is 12.4. The van der Waals surface area contributed by atoms with Crippen LogP contribution in [0.2, 0.25) is 0 Å². The van der Waals surface area contributed by atoms with Crippen molar-refractivity contribution in [1.29, 1.82) is 0 Å². The summed E-state index contributed by atoms with van der Waals surface area (Å²) < 4.78 is 6.00. The standard InChI is InChI=1S/C16H26O3/c1-4-15(2,3)14(18)19-16-7-10-5-11(8-16)13(17)12(6-10)9-16/h10-13,17H,4-9H2,1-3H3. The van der Waals surface area contributed by atoms with E-state index in [-0.39, 0.29) is 23.1 Å². The van der Waals surface area contributed by atoms with Gasteiger partial charge < -0.3 is 9.84 Å². The predicted octanol–water partition coefficient (Wildman–Crippen LogP) is 2.91. The van der Waals surface area contributed by atoms with E-state index in [1.807, 2.05) is 20.8 Å². The lowest BCUT2D eigenvalue weighted by Crippen LogP contribution is -2.59. The molecule has 0 heterocycles. The second-order valence-electron chi connectivity index (χ2n) is 7.77. The Balaban J connectivity index is 1.77. The van der Waals surface area contributed by atoms with Crippen molar-refractivity contribution in [3.05, 3.63) is 0 Å². The van der Waals surface area contributed by atoms with Gasteiger partial charge in [0.15, 0.2) is 0 Å². The highest BCUT2D eigenvalue weighted by atomic mass is 16.6. The number of carbonyl (C=O) groups is 1. The van der Waals surface area contributed by atoms with Gasteiger partial charge in [0.2, 0.25) is 0 Å². The van der Waals surface area contributed by atoms with E-state index in [9.17, 15) is 9.90 Å². The first-order valence-corrected chi connectivity index (χ1v) is 7.77. The molecule has 4 bridgehead atoms. The normalized spacial score (nSPS) is 44.4. The predicted molar refractivity (Wildman–Crippen MR) is 72.5 cm³/mol. The molecule has 0 spiro atoms. The average molecular weight is 266 g/mol. The summed E-state index contributed by atoms with van der Waals surface area (Å²) >= 11 is 0. The molecule has 1 N–H and O–H groups in total. The Kier molecular flexibility index (Phi) is 2.97. The van der Waals surface area contributed by atoms with Crippen molar-refractivity contribution in [2.45, 2.75) is 71.0 Å². The largest absolute Gasteiger partial charge is 0.459 e. The number of esters is 1. The molecule has 4 saturated carbocycles. The fraction of sp³-hybridized carbons (Fsp3) is 0.938. The quantitative estimate of drug-likeness (QED) is 0.799. The van der Waals surface area contributed by atoms with E-state index < -0.39 is 0 Å². The van der Waals surface area contributed by atoms with Gasteiger partial charge in [0.25, 0.3) is 0 Å². The van der Waals surface area contributed by atoms with Gasteiger partial charge in [0, 0.05) is 0 Å². The minimum Gasteiger partial charge on any atom is -0.459 e. The zero-order valence-corrected chi connectivity index (χ0v) is 12.3. The van der Waals surface area contributed by atoms with Gasteiger partial charge in [-0.3, -0.25) is 4.79 Å². The highest BCUT2D eigenvalue weighted by molar-refractivity contribution is 5.76. The number of ether oxygens (including phenoxy) is 1. The van der Waals surface area contributed by atoms with Gasteiger partial charge in [0.05, 0.1) is 11.5 Å². The molecule has 2 unspecified atom stereocenters. The third-order valence-corrected chi connectivity index (χ3v) is 5.91. The van der Waals surface area contributed by atoms with E-state index in [0.717, 1.165) is 38.5 Å². The van der Waals surface area contributed by atoms with Crippen molar-refractivity contribution in [3.63, 3.8) is 0 Å². The third kappa shape index (κ3) is 2.10. The first kappa shape index (κ1) is 13.4. The highest BCUT2D eigenvalue weighted by Crippen LogP contribution is 2.57. The van der Waals surface area contributed by atoms with Crippen LogP contribution in [0, 0.1) is 23.2 Å². The summed E-state index contributed by atoms with van der Waals surface area (Å²) in [5.41, 5.74) is -0.638. The number of aliphatic hydroxyl groups excluding tert-OH is 1. The molecular formula is C16H26O3. The van der Waals surface area contributed by atoms with Crippen LogP contribution >= 0.6 is 0 Å². The molecule has 0 aromatic carbocycles. The Morgan fingerprint density at radius 2 is 1.84 bits per heavy atom. The molecule has 4 aliphatic rings. The summed E-state index contributed by atoms with van der Waals surface area (Å²) in [7, 11) is 0. The van der Waals surface area contributed by atoms with Crippen LogP contribution in [-0.2, 0) is 9.53 Å². The number of rotatable bonds is 3. The van der Waals surface area contributed by atoms with Crippen molar-refractivity contribution in [2.24, 2.45) is 23.2 Å². The fourth-order valence-electron chi connectivity index (χ4n) is 4.53. The van der Waals surface area contributed by atoms with Crippen molar-refractivity contribution in [3.8, 4) is 0 Å². The number of hydrogen-bond donors (Lipinski definition) is 1. The third-order valence-electron chi connectivity index (χ3n) is 5.91. The summed E-state index contributed by atoms with van der Waals surface area (Å²) in [6.45, 7) is 5.96. The maximum atomic E-state index is 12.4. The Bertz CT molecular complexity index is 371. The summed E-state index contributed by atoms with van der Waals surface area (Å²) in [5, 5.41) is 10.2. The van der Waals surface area contributed by atoms with Gasteiger partial charge in [0.1, 0.15) is 5.60 Å². The fourth-order valence-corrected chi connectivity index (χ4v) is 4.53. The molecule has 4 aliphatic carbocycles. The number of aliphatic hydroxyl groups is 1. The van der Waals surface area contributed by atoms with Crippen LogP contribution in [0.3, 0.4) is 0 Å². The molecule has 0 radical (unpaired) electrons. The van der Waals surface area contributed by atoms with Crippen LogP contribution in [0.25, 0.3) is 0 Å². The molecule has 4 rings (SSSR count). The summed E-state index contributed by atoms with van der Waals surface area (Å²) in [5.74, 6) is 1.34. The maximum absolute atomic E-state index is 12.4. The van der Waals surface area contributed by atoms with Crippen LogP contribution in [0.15, 0.2) is 0 Å². The van der Waals surface area contributed by atoms with Crippen molar-refractivity contribution < 1.29 is 14.6 Å². The Hall–Kier alpha value is -0.570. The highest BCUT2D eigenvalue weighted by Gasteiger charge is 2.57. The lowest BCUT2D eigenvalue weighted by molar-refractivity contribution is -0.213. The molecule has 0 amide bonds. The van der Waals surface area contributed by atoms with Gasteiger partial charge in [-0.2, -0.15) is 0 Å². The van der Waals surface area contributed by atoms with Crippen LogP contribution < -0.4 is 0 Å². The molecule has 0 aromatic heterocycles. The minimum atomic E-state index is -0.387. The molecule has 4 fully saturated rings. The molecule has 108 valence electrons. The van der Waals surface area contributed by atoms with Crippen LogP contribution in [0.5, 0.6) is 0 Å². The average Bonchev–Trinajstić information content (AvgIpc) is 2.34. The zero-order chi connectivity index (χ0) is 13.8. The molecule has 2 atom stereocenters. The summed E-state index contributed by atoms with van der Waals surface area (Å²) in [6, 6.07) is 0. The van der Waals surface area contributed by atoms with Crippen molar-refractivity contribution >= 4 is 5.97 Å². The number of hydrogen-bond acceptors (Lipinski definition) is 3. The molecule has 3 nitrogen and oxygen atoms in total. The Labute approximate surface area is 115 Å². The van der Waals surface area contributed by atoms with E-state index in [1.165, 1.54) is 0 Å². The lowest BCUT2D eigenvalue weighted by atomic mass is 9.53. The Morgan fingerprint density at radius 3 is 2.37 bits per heavy atom. The maximum Gasteiger partial charge on any atom is 0.312 e. The van der Waals surface area contributed by atoms with Gasteiger partial charge in [-0.25, -0.2) is 0 Å². The Morgan fingerprint density at radius 1 is 1.26 bits per heavy atom. The van der Waals surface area contributed by atoms with Crippen LogP contribution in [0.4, 0.5) is 0 Å². The van der Waals surface area contributed by atoms with Gasteiger partial charge in [-0.1, -0.05) is 6.92 Å². The molecule has 3 heteroatoms. The van der Waals surface area contributed by atoms with Gasteiger partial charge in [-0.05, 0) is 70.1 Å². The molecule has 0 aromatic rings. The van der Waals surface area contributed by atoms with E-state index in [0.29, 0.717) is 17.8 Å². The molecule has 19 heavy (non-hydrogen) atoms. The van der Waals surface area contributed by atoms with Crippen molar-refractivity contribution in [2.75, 3.05) is 0 Å². The van der Waals surface area contributed by atoms with Crippen LogP contribution in [-0.4, -0.2) is 22.8 Å². The smallest absolute Gasteiger partial charge is 0.312 e. The first-order chi connectivity index (χ1) is 8.85. The monoisotopic (exact) mass is 266 g/mol. The molecular weight excluding hydrogens is 240 g/mol. The minimum absolute atomic E-state index is 0.0496. The first-order valence-electron chi connectivity index (χ1n) is 7.77. The van der Waals surface area contributed by atoms with Gasteiger partial charge >= 0.3 is 5.97 Å². The second-order valence-corrected chi connectivity index (χ2v) is 7.77. The van der Waals surface area contributed by atoms with Crippen molar-refractivity contribution in [1.82, 2.24) is 0 Å².